The number of rotatable bonds is 12. The van der Waals surface area contributed by atoms with Crippen molar-refractivity contribution in [3.63, 3.8) is 0 Å². The summed E-state index contributed by atoms with van der Waals surface area (Å²) < 4.78 is 13.4. The van der Waals surface area contributed by atoms with Crippen LogP contribution in [0.25, 0.3) is 21.6 Å². The molecule has 2 atom stereocenters. The molecule has 1 aliphatic carbocycles. The van der Waals surface area contributed by atoms with Gasteiger partial charge in [-0.15, -0.1) is 0 Å². The summed E-state index contributed by atoms with van der Waals surface area (Å²) in [6, 6.07) is 38.6. The van der Waals surface area contributed by atoms with Crippen LogP contribution in [0.15, 0.2) is 136 Å². The molecule has 0 aromatic heterocycles. The van der Waals surface area contributed by atoms with Crippen molar-refractivity contribution in [3.8, 4) is 16.9 Å². The molecule has 1 aliphatic heterocycles. The summed E-state index contributed by atoms with van der Waals surface area (Å²) in [7, 11) is 0. The Balaban J connectivity index is 1.36. The molecule has 2 aliphatic rings. The fourth-order valence-corrected chi connectivity index (χ4v) is 7.03. The van der Waals surface area contributed by atoms with Gasteiger partial charge in [0.05, 0.1) is 19.2 Å². The van der Waals surface area contributed by atoms with Gasteiger partial charge in [0.25, 0.3) is 5.91 Å². The van der Waals surface area contributed by atoms with Crippen molar-refractivity contribution in [2.75, 3.05) is 13.2 Å². The number of hydrogen-bond acceptors (Lipinski definition) is 6. The first-order chi connectivity index (χ1) is 24.5. The summed E-state index contributed by atoms with van der Waals surface area (Å²) in [5, 5.41) is 16.4. The second-order valence-electron chi connectivity index (χ2n) is 12.3. The topological polar surface area (TPSA) is 129 Å². The van der Waals surface area contributed by atoms with Crippen molar-refractivity contribution in [1.29, 1.82) is 0 Å². The third-order valence-electron chi connectivity index (χ3n) is 9.19. The van der Waals surface area contributed by atoms with Crippen molar-refractivity contribution in [2.24, 2.45) is 10.1 Å². The third-order valence-corrected chi connectivity index (χ3v) is 9.72. The lowest BCUT2D eigenvalue weighted by atomic mass is 9.80. The highest BCUT2D eigenvalue weighted by molar-refractivity contribution is 9.10. The molecule has 5 aromatic carbocycles. The van der Waals surface area contributed by atoms with Crippen LogP contribution < -0.4 is 10.1 Å². The number of halogens is 1. The van der Waals surface area contributed by atoms with E-state index in [1.165, 1.54) is 0 Å². The Labute approximate surface area is 298 Å². The molecule has 0 fully saturated rings. The smallest absolute Gasteiger partial charge is 0.253 e. The summed E-state index contributed by atoms with van der Waals surface area (Å²) in [4.78, 5) is 23.5. The second-order valence-corrected chi connectivity index (χ2v) is 13.2. The molecule has 1 heterocycles. The van der Waals surface area contributed by atoms with Crippen molar-refractivity contribution < 1.29 is 19.4 Å². The fraction of sp³-hybridized carbons (Fsp3) is 0.200. The van der Waals surface area contributed by atoms with Crippen LogP contribution in [0.4, 0.5) is 0 Å². The minimum atomic E-state index is -1.46. The zero-order valence-electron chi connectivity index (χ0n) is 27.1. The molecule has 9 nitrogen and oxygen atoms in total. The molecule has 1 amide bonds. The molecule has 0 unspecified atom stereocenters. The maximum Gasteiger partial charge on any atom is 0.253 e. The van der Waals surface area contributed by atoms with Gasteiger partial charge in [-0.05, 0) is 80.9 Å². The number of aliphatic hydroxyl groups excluding tert-OH is 1. The zero-order chi connectivity index (χ0) is 34.5. The van der Waals surface area contributed by atoms with E-state index in [-0.39, 0.29) is 25.5 Å². The lowest BCUT2D eigenvalue weighted by Crippen LogP contribution is -2.51. The normalized spacial score (nSPS) is 17.6. The molecule has 5 aromatic rings. The van der Waals surface area contributed by atoms with Crippen LogP contribution in [0.5, 0.6) is 5.75 Å². The number of hydrogen-bond donors (Lipinski definition) is 2. The zero-order valence-corrected chi connectivity index (χ0v) is 28.7. The first kappa shape index (κ1) is 33.1. The van der Waals surface area contributed by atoms with E-state index in [1.54, 1.807) is 0 Å². The molecular formula is C40H34BrN5O4. The van der Waals surface area contributed by atoms with Crippen molar-refractivity contribution in [2.45, 2.75) is 37.1 Å². The lowest BCUT2D eigenvalue weighted by molar-refractivity contribution is -0.129. The molecule has 0 spiro atoms. The van der Waals surface area contributed by atoms with Gasteiger partial charge in [0.2, 0.25) is 5.90 Å². The predicted molar refractivity (Wildman–Crippen MR) is 196 cm³/mol. The molecule has 0 saturated heterocycles. The van der Waals surface area contributed by atoms with E-state index in [1.807, 2.05) is 97.1 Å². The van der Waals surface area contributed by atoms with Gasteiger partial charge in [0.15, 0.2) is 11.6 Å². The summed E-state index contributed by atoms with van der Waals surface area (Å²) >= 11 is 3.55. The number of ether oxygens (including phenoxy) is 2. The minimum Gasteiger partial charge on any atom is -0.494 e. The largest absolute Gasteiger partial charge is 0.494 e. The second kappa shape index (κ2) is 14.6. The number of nitrogens with one attached hydrogen (secondary N) is 1. The predicted octanol–water partition coefficient (Wildman–Crippen LogP) is 8.41. The molecule has 50 heavy (non-hydrogen) atoms. The van der Waals surface area contributed by atoms with Gasteiger partial charge in [0.1, 0.15) is 5.75 Å². The maximum atomic E-state index is 15.3. The molecule has 7 rings (SSSR count). The summed E-state index contributed by atoms with van der Waals surface area (Å²) in [5.74, 6) is 0.689. The van der Waals surface area contributed by atoms with Crippen LogP contribution >= 0.6 is 15.9 Å². The number of carbonyl (C=O) groups excluding carboxylic acids is 1. The van der Waals surface area contributed by atoms with Crippen molar-refractivity contribution in [1.82, 2.24) is 5.32 Å². The number of fused-ring (bicyclic) bond motifs is 3. The van der Waals surface area contributed by atoms with Crippen LogP contribution in [0.3, 0.4) is 0 Å². The van der Waals surface area contributed by atoms with Crippen molar-refractivity contribution >= 4 is 27.7 Å². The van der Waals surface area contributed by atoms with Gasteiger partial charge in [-0.1, -0.05) is 106 Å². The van der Waals surface area contributed by atoms with Gasteiger partial charge in [-0.2, -0.15) is 0 Å². The number of amides is 1. The van der Waals surface area contributed by atoms with Crippen LogP contribution in [-0.2, 0) is 22.5 Å². The number of carbonyl (C=O) groups is 1. The Kier molecular flexibility index (Phi) is 9.67. The Bertz CT molecular complexity index is 2050. The molecule has 0 bridgehead atoms. The first-order valence-electron chi connectivity index (χ1n) is 16.4. The van der Waals surface area contributed by atoms with E-state index >= 15 is 4.79 Å². The van der Waals surface area contributed by atoms with Gasteiger partial charge in [-0.25, -0.2) is 4.99 Å². The summed E-state index contributed by atoms with van der Waals surface area (Å²) in [5.41, 5.74) is 15.0. The Hall–Kier alpha value is -5.41. The fourth-order valence-electron chi connectivity index (χ4n) is 6.77. The number of azide groups is 1. The van der Waals surface area contributed by atoms with Gasteiger partial charge in [-0.3, -0.25) is 4.79 Å². The number of nitrogens with zero attached hydrogens (tertiary/aromatic N) is 4. The first-order valence-corrected chi connectivity index (χ1v) is 17.2. The minimum absolute atomic E-state index is 0.0499. The van der Waals surface area contributed by atoms with E-state index in [0.29, 0.717) is 30.2 Å². The quantitative estimate of drug-likeness (QED) is 0.0579. The maximum absolute atomic E-state index is 15.3. The van der Waals surface area contributed by atoms with Crippen LogP contribution in [-0.4, -0.2) is 35.7 Å². The Morgan fingerprint density at radius 3 is 2.20 bits per heavy atom. The molecule has 0 saturated carbocycles. The highest BCUT2D eigenvalue weighted by Gasteiger charge is 2.54. The molecule has 10 heteroatoms. The van der Waals surface area contributed by atoms with Gasteiger partial charge >= 0.3 is 0 Å². The van der Waals surface area contributed by atoms with Crippen LogP contribution in [0.1, 0.15) is 51.9 Å². The molecule has 2 N–H and O–H groups in total. The number of aliphatic hydroxyl groups is 1. The Morgan fingerprint density at radius 2 is 1.54 bits per heavy atom. The van der Waals surface area contributed by atoms with E-state index in [4.69, 9.17) is 25.1 Å². The molecular weight excluding hydrogens is 694 g/mol. The van der Waals surface area contributed by atoms with Crippen molar-refractivity contribution in [3.05, 3.63) is 170 Å². The lowest BCUT2D eigenvalue weighted by Gasteiger charge is -2.33. The Morgan fingerprint density at radius 1 is 0.900 bits per heavy atom. The third kappa shape index (κ3) is 6.48. The summed E-state index contributed by atoms with van der Waals surface area (Å²) in [6.07, 6.45) is -0.0924. The molecule has 250 valence electrons. The number of benzene rings is 5. The van der Waals surface area contributed by atoms with E-state index in [2.05, 4.69) is 55.5 Å². The van der Waals surface area contributed by atoms with Gasteiger partial charge < -0.3 is 19.9 Å². The number of aliphatic imine (C=N–C) groups is 1. The average molecular weight is 729 g/mol. The summed E-state index contributed by atoms with van der Waals surface area (Å²) in [6.45, 7) is 0.575. The van der Waals surface area contributed by atoms with E-state index < -0.39 is 17.7 Å². The monoisotopic (exact) mass is 727 g/mol. The van der Waals surface area contributed by atoms with Crippen LogP contribution in [0, 0.1) is 0 Å². The van der Waals surface area contributed by atoms with Crippen LogP contribution in [0.2, 0.25) is 0 Å². The highest BCUT2D eigenvalue weighted by atomic mass is 79.9. The highest BCUT2D eigenvalue weighted by Crippen LogP contribution is 2.47. The standard InChI is InChI=1S/C40H34BrN5O4/c41-30-18-14-26(15-19-30)37-40(24-28-8-1-2-9-29(28)25-43-46-42,45-38(50-37)27-16-20-31(21-17-27)49-23-7-22-47)39(48)44-36-34-12-5-3-10-32(34)33-11-4-6-13-35(33)36/h1-6,8-21,36-37,47H,7,22-25H2,(H,44,48)/t37-,40-/m1/s1. The molecule has 0 radical (unpaired) electrons. The van der Waals surface area contributed by atoms with E-state index in [9.17, 15) is 0 Å². The van der Waals surface area contributed by atoms with E-state index in [0.717, 1.165) is 43.4 Å². The SMILES string of the molecule is [N-]=[N+]=NCc1ccccc1C[C@@]1(C(=O)NC2c3ccccc3-c3ccccc32)N=C(c2ccc(OCCCO)cc2)O[C@@H]1c1ccc(Br)cc1. The average Bonchev–Trinajstić information content (AvgIpc) is 3.69. The van der Waals surface area contributed by atoms with Gasteiger partial charge in [0, 0.05) is 34.4 Å².